The molecular formula is C24H26N2O3S. The van der Waals surface area contributed by atoms with E-state index < -0.39 is 0 Å². The summed E-state index contributed by atoms with van der Waals surface area (Å²) in [4.78, 5) is 18.0. The second kappa shape index (κ2) is 6.92. The van der Waals surface area contributed by atoms with Crippen LogP contribution in [0.5, 0.6) is 0 Å². The SMILES string of the molecule is COCc1c(C(=O)Nc2nc(C34CC5CC(CC(C5)C3)C4)cs2)oc2ccccc12. The number of hydrogen-bond acceptors (Lipinski definition) is 5. The minimum Gasteiger partial charge on any atom is -0.451 e. The van der Waals surface area contributed by atoms with Crippen molar-refractivity contribution < 1.29 is 13.9 Å². The lowest BCUT2D eigenvalue weighted by Crippen LogP contribution is -2.48. The minimum atomic E-state index is -0.260. The lowest BCUT2D eigenvalue weighted by Gasteiger charge is -2.56. The molecule has 4 saturated carbocycles. The van der Waals surface area contributed by atoms with Crippen LogP contribution in [-0.2, 0) is 16.8 Å². The van der Waals surface area contributed by atoms with Gasteiger partial charge in [-0.25, -0.2) is 4.98 Å². The van der Waals surface area contributed by atoms with Gasteiger partial charge in [-0.3, -0.25) is 10.1 Å². The fraction of sp³-hybridized carbons (Fsp3) is 0.500. The molecule has 0 unspecified atom stereocenters. The van der Waals surface area contributed by atoms with Gasteiger partial charge in [0.15, 0.2) is 10.9 Å². The number of thiazole rings is 1. The zero-order chi connectivity index (χ0) is 20.3. The number of ether oxygens (including phenoxy) is 1. The van der Waals surface area contributed by atoms with E-state index in [1.807, 2.05) is 24.3 Å². The summed E-state index contributed by atoms with van der Waals surface area (Å²) in [6.07, 6.45) is 8.08. The van der Waals surface area contributed by atoms with Gasteiger partial charge in [-0.1, -0.05) is 18.2 Å². The third-order valence-electron chi connectivity index (χ3n) is 7.50. The highest BCUT2D eigenvalue weighted by atomic mass is 32.1. The fourth-order valence-electron chi connectivity index (χ4n) is 6.72. The van der Waals surface area contributed by atoms with E-state index in [4.69, 9.17) is 14.1 Å². The molecule has 0 spiro atoms. The second-order valence-corrected chi connectivity index (χ2v) is 10.4. The molecule has 4 aliphatic rings. The smallest absolute Gasteiger partial charge is 0.293 e. The number of fused-ring (bicyclic) bond motifs is 1. The van der Waals surface area contributed by atoms with Crippen molar-refractivity contribution in [3.8, 4) is 0 Å². The minimum absolute atomic E-state index is 0.245. The van der Waals surface area contributed by atoms with Gasteiger partial charge in [0.1, 0.15) is 5.58 Å². The highest BCUT2D eigenvalue weighted by molar-refractivity contribution is 7.14. The molecule has 1 N–H and O–H groups in total. The van der Waals surface area contributed by atoms with E-state index in [0.717, 1.165) is 28.7 Å². The molecule has 3 aromatic rings. The van der Waals surface area contributed by atoms with Crippen LogP contribution in [0.3, 0.4) is 0 Å². The van der Waals surface area contributed by atoms with Crippen molar-refractivity contribution in [3.05, 3.63) is 46.7 Å². The predicted octanol–water partition coefficient (Wildman–Crippen LogP) is 5.76. The summed E-state index contributed by atoms with van der Waals surface area (Å²) in [6, 6.07) is 7.68. The van der Waals surface area contributed by atoms with E-state index in [9.17, 15) is 4.79 Å². The van der Waals surface area contributed by atoms with Crippen LogP contribution in [0.4, 0.5) is 5.13 Å². The number of rotatable bonds is 5. The topological polar surface area (TPSA) is 64.4 Å². The number of amides is 1. The van der Waals surface area contributed by atoms with Crippen molar-refractivity contribution in [1.29, 1.82) is 0 Å². The summed E-state index contributed by atoms with van der Waals surface area (Å²) in [5, 5.41) is 6.74. The van der Waals surface area contributed by atoms with E-state index >= 15 is 0 Å². The van der Waals surface area contributed by atoms with E-state index in [2.05, 4.69) is 10.7 Å². The lowest BCUT2D eigenvalue weighted by atomic mass is 9.49. The Labute approximate surface area is 179 Å². The summed E-state index contributed by atoms with van der Waals surface area (Å²) >= 11 is 1.53. The average Bonchev–Trinajstić information content (AvgIpc) is 3.33. The number of hydrogen-bond donors (Lipinski definition) is 1. The number of aromatic nitrogens is 1. The number of para-hydroxylation sites is 1. The largest absolute Gasteiger partial charge is 0.451 e. The average molecular weight is 423 g/mol. The molecule has 4 aliphatic carbocycles. The van der Waals surface area contributed by atoms with Crippen LogP contribution in [-0.4, -0.2) is 18.0 Å². The molecule has 0 saturated heterocycles. The molecule has 2 aromatic heterocycles. The van der Waals surface area contributed by atoms with Crippen molar-refractivity contribution in [2.75, 3.05) is 12.4 Å². The maximum atomic E-state index is 13.0. The summed E-state index contributed by atoms with van der Waals surface area (Å²) < 4.78 is 11.2. The Morgan fingerprint density at radius 3 is 2.60 bits per heavy atom. The Balaban J connectivity index is 1.27. The zero-order valence-corrected chi connectivity index (χ0v) is 18.0. The fourth-order valence-corrected chi connectivity index (χ4v) is 7.55. The van der Waals surface area contributed by atoms with E-state index in [1.54, 1.807) is 7.11 Å². The van der Waals surface area contributed by atoms with Gasteiger partial charge in [0.2, 0.25) is 0 Å². The Bertz CT molecular complexity index is 1080. The molecule has 5 nitrogen and oxygen atoms in total. The van der Waals surface area contributed by atoms with Gasteiger partial charge < -0.3 is 9.15 Å². The standard InChI is InChI=1S/C24H26N2O3S/c1-28-12-18-17-4-2-3-5-19(17)29-21(18)22(27)26-23-25-20(13-30-23)24-9-14-6-15(10-24)8-16(7-14)11-24/h2-5,13-16H,6-12H2,1H3,(H,25,26,27). The molecule has 1 amide bonds. The van der Waals surface area contributed by atoms with Crippen molar-refractivity contribution in [1.82, 2.24) is 4.98 Å². The maximum absolute atomic E-state index is 13.0. The molecule has 6 heteroatoms. The van der Waals surface area contributed by atoms with Gasteiger partial charge in [-0.15, -0.1) is 11.3 Å². The van der Waals surface area contributed by atoms with E-state index in [-0.39, 0.29) is 11.3 Å². The third-order valence-corrected chi connectivity index (χ3v) is 8.26. The number of carbonyl (C=O) groups excluding carboxylic acids is 1. The number of benzene rings is 1. The van der Waals surface area contributed by atoms with Gasteiger partial charge in [0.25, 0.3) is 5.91 Å². The van der Waals surface area contributed by atoms with Gasteiger partial charge in [0, 0.05) is 28.9 Å². The third kappa shape index (κ3) is 2.92. The summed E-state index contributed by atoms with van der Waals surface area (Å²) in [5.74, 6) is 2.68. The lowest BCUT2D eigenvalue weighted by molar-refractivity contribution is -0.00688. The Morgan fingerprint density at radius 2 is 1.90 bits per heavy atom. The first kappa shape index (κ1) is 18.6. The Kier molecular flexibility index (Phi) is 4.29. The molecule has 7 rings (SSSR count). The van der Waals surface area contributed by atoms with Gasteiger partial charge in [-0.2, -0.15) is 0 Å². The van der Waals surface area contributed by atoms with Crippen molar-refractivity contribution in [2.24, 2.45) is 17.8 Å². The normalized spacial score (nSPS) is 29.6. The Hall–Kier alpha value is -2.18. The summed E-state index contributed by atoms with van der Waals surface area (Å²) in [7, 11) is 1.63. The van der Waals surface area contributed by atoms with Crippen LogP contribution in [0, 0.1) is 17.8 Å². The van der Waals surface area contributed by atoms with Gasteiger partial charge in [-0.05, 0) is 62.3 Å². The molecule has 2 heterocycles. The van der Waals surface area contributed by atoms with Crippen LogP contribution in [0.2, 0.25) is 0 Å². The quantitative estimate of drug-likeness (QED) is 0.568. The van der Waals surface area contributed by atoms with E-state index in [1.165, 1.54) is 55.6 Å². The van der Waals surface area contributed by atoms with Gasteiger partial charge in [0.05, 0.1) is 12.3 Å². The number of nitrogens with zero attached hydrogens (tertiary/aromatic N) is 1. The molecule has 0 aliphatic heterocycles. The maximum Gasteiger partial charge on any atom is 0.293 e. The molecule has 4 bridgehead atoms. The summed E-state index contributed by atoms with van der Waals surface area (Å²) in [6.45, 7) is 0.330. The zero-order valence-electron chi connectivity index (χ0n) is 17.1. The number of carbonyl (C=O) groups is 1. The first-order chi connectivity index (χ1) is 14.6. The molecule has 30 heavy (non-hydrogen) atoms. The highest BCUT2D eigenvalue weighted by Gasteiger charge is 2.52. The monoisotopic (exact) mass is 422 g/mol. The number of methoxy groups -OCH3 is 1. The van der Waals surface area contributed by atoms with Crippen LogP contribution < -0.4 is 5.32 Å². The van der Waals surface area contributed by atoms with Crippen LogP contribution in [0.25, 0.3) is 11.0 Å². The molecule has 156 valence electrons. The molecular weight excluding hydrogens is 396 g/mol. The van der Waals surface area contributed by atoms with Crippen LogP contribution in [0.15, 0.2) is 34.1 Å². The first-order valence-electron chi connectivity index (χ1n) is 10.9. The number of nitrogens with one attached hydrogen (secondary N) is 1. The van der Waals surface area contributed by atoms with Gasteiger partial charge >= 0.3 is 0 Å². The van der Waals surface area contributed by atoms with E-state index in [0.29, 0.717) is 23.1 Å². The van der Waals surface area contributed by atoms with Crippen LogP contribution >= 0.6 is 11.3 Å². The molecule has 0 radical (unpaired) electrons. The van der Waals surface area contributed by atoms with Crippen LogP contribution in [0.1, 0.15) is 60.3 Å². The van der Waals surface area contributed by atoms with Crippen molar-refractivity contribution in [3.63, 3.8) is 0 Å². The second-order valence-electron chi connectivity index (χ2n) is 9.53. The molecule has 4 fully saturated rings. The molecule has 0 atom stereocenters. The highest BCUT2D eigenvalue weighted by Crippen LogP contribution is 2.60. The first-order valence-corrected chi connectivity index (χ1v) is 11.8. The number of anilines is 1. The summed E-state index contributed by atoms with van der Waals surface area (Å²) in [5.41, 5.74) is 2.92. The van der Waals surface area contributed by atoms with Crippen molar-refractivity contribution >= 4 is 33.3 Å². The molecule has 1 aromatic carbocycles. The Morgan fingerprint density at radius 1 is 1.20 bits per heavy atom. The number of furan rings is 1. The van der Waals surface area contributed by atoms with Crippen molar-refractivity contribution in [2.45, 2.75) is 50.5 Å². The predicted molar refractivity (Wildman–Crippen MR) is 117 cm³/mol.